The number of halogens is 4. The van der Waals surface area contributed by atoms with Crippen molar-refractivity contribution in [3.05, 3.63) is 74.5 Å². The quantitative estimate of drug-likeness (QED) is 0.156. The van der Waals surface area contributed by atoms with Crippen molar-refractivity contribution in [1.82, 2.24) is 4.98 Å². The molecule has 0 unspecified atom stereocenters. The SMILES string of the molecule is Cc1nc(N=NC(=NNc2ccc(F)c(F)c2F)c2ccccc2Br)sc1C. The molecule has 3 aromatic rings. The van der Waals surface area contributed by atoms with Gasteiger partial charge in [-0.05, 0) is 38.1 Å². The average molecular weight is 468 g/mol. The fourth-order valence-electron chi connectivity index (χ4n) is 2.09. The van der Waals surface area contributed by atoms with E-state index in [0.29, 0.717) is 15.2 Å². The lowest BCUT2D eigenvalue weighted by atomic mass is 10.2. The molecule has 0 aliphatic rings. The maximum absolute atomic E-state index is 13.9. The van der Waals surface area contributed by atoms with Crippen LogP contribution in [0.2, 0.25) is 0 Å². The van der Waals surface area contributed by atoms with E-state index in [2.05, 4.69) is 41.7 Å². The number of benzene rings is 2. The highest BCUT2D eigenvalue weighted by atomic mass is 79.9. The third-order valence-corrected chi connectivity index (χ3v) is 5.33. The Kier molecular flexibility index (Phi) is 6.20. The highest BCUT2D eigenvalue weighted by Crippen LogP contribution is 2.26. The van der Waals surface area contributed by atoms with Gasteiger partial charge in [-0.25, -0.2) is 18.2 Å². The summed E-state index contributed by atoms with van der Waals surface area (Å²) in [5.74, 6) is -4.15. The molecule has 5 nitrogen and oxygen atoms in total. The van der Waals surface area contributed by atoms with Gasteiger partial charge in [0.2, 0.25) is 11.0 Å². The number of azo groups is 1. The Bertz CT molecular complexity index is 1060. The molecule has 144 valence electrons. The van der Waals surface area contributed by atoms with Gasteiger partial charge in [-0.2, -0.15) is 5.10 Å². The summed E-state index contributed by atoms with van der Waals surface area (Å²) in [5.41, 5.74) is 3.45. The van der Waals surface area contributed by atoms with Gasteiger partial charge in [0.1, 0.15) is 0 Å². The van der Waals surface area contributed by atoms with Gasteiger partial charge in [-0.3, -0.25) is 5.43 Å². The molecule has 0 amide bonds. The zero-order chi connectivity index (χ0) is 20.3. The Hall–Kier alpha value is -2.59. The van der Waals surface area contributed by atoms with Gasteiger partial charge in [-0.15, -0.1) is 10.2 Å². The number of hydrogen-bond acceptors (Lipinski definition) is 5. The van der Waals surface area contributed by atoms with Crippen molar-refractivity contribution in [2.45, 2.75) is 13.8 Å². The molecule has 0 saturated carbocycles. The Morgan fingerprint density at radius 3 is 2.50 bits per heavy atom. The minimum atomic E-state index is -1.59. The second-order valence-electron chi connectivity index (χ2n) is 5.59. The molecule has 2 aromatic carbocycles. The molecule has 10 heteroatoms. The van der Waals surface area contributed by atoms with Gasteiger partial charge >= 0.3 is 0 Å². The maximum Gasteiger partial charge on any atom is 0.230 e. The lowest BCUT2D eigenvalue weighted by Gasteiger charge is -2.06. The van der Waals surface area contributed by atoms with Crippen LogP contribution in [0.4, 0.5) is 24.0 Å². The molecule has 1 heterocycles. The van der Waals surface area contributed by atoms with Crippen LogP contribution in [0.3, 0.4) is 0 Å². The third kappa shape index (κ3) is 4.45. The summed E-state index contributed by atoms with van der Waals surface area (Å²) in [5, 5.41) is 12.7. The Morgan fingerprint density at radius 1 is 1.07 bits per heavy atom. The molecule has 0 aliphatic carbocycles. The molecular weight excluding hydrogens is 455 g/mol. The van der Waals surface area contributed by atoms with Crippen LogP contribution in [-0.4, -0.2) is 10.8 Å². The summed E-state index contributed by atoms with van der Waals surface area (Å²) in [7, 11) is 0. The monoisotopic (exact) mass is 467 g/mol. The van der Waals surface area contributed by atoms with Gasteiger partial charge in [0.05, 0.1) is 11.4 Å². The molecule has 1 N–H and O–H groups in total. The fourth-order valence-corrected chi connectivity index (χ4v) is 3.29. The van der Waals surface area contributed by atoms with Crippen molar-refractivity contribution in [2.75, 3.05) is 5.43 Å². The van der Waals surface area contributed by atoms with E-state index in [1.165, 1.54) is 11.3 Å². The molecule has 0 bridgehead atoms. The number of rotatable bonds is 4. The lowest BCUT2D eigenvalue weighted by molar-refractivity contribution is 0.449. The number of thiazole rings is 1. The summed E-state index contributed by atoms with van der Waals surface area (Å²) in [4.78, 5) is 5.28. The third-order valence-electron chi connectivity index (χ3n) is 3.68. The molecule has 0 aliphatic heterocycles. The molecule has 0 fully saturated rings. The van der Waals surface area contributed by atoms with E-state index in [1.54, 1.807) is 24.3 Å². The first-order chi connectivity index (χ1) is 13.4. The van der Waals surface area contributed by atoms with E-state index in [1.807, 2.05) is 13.8 Å². The number of nitrogens with one attached hydrogen (secondary N) is 1. The van der Waals surface area contributed by atoms with Gasteiger partial charge in [0, 0.05) is 14.9 Å². The van der Waals surface area contributed by atoms with Crippen LogP contribution in [0.15, 0.2) is 56.2 Å². The lowest BCUT2D eigenvalue weighted by Crippen LogP contribution is -2.04. The second kappa shape index (κ2) is 8.61. The molecule has 0 atom stereocenters. The van der Waals surface area contributed by atoms with Crippen LogP contribution in [0.1, 0.15) is 16.1 Å². The van der Waals surface area contributed by atoms with E-state index in [-0.39, 0.29) is 11.5 Å². The maximum atomic E-state index is 13.9. The molecule has 1 aromatic heterocycles. The van der Waals surface area contributed by atoms with Crippen LogP contribution in [0.5, 0.6) is 0 Å². The van der Waals surface area contributed by atoms with Crippen molar-refractivity contribution in [2.24, 2.45) is 15.3 Å². The number of nitrogens with zero attached hydrogens (tertiary/aromatic N) is 4. The average Bonchev–Trinajstić information content (AvgIpc) is 3.00. The first-order valence-electron chi connectivity index (χ1n) is 7.94. The van der Waals surface area contributed by atoms with Gasteiger partial charge in [0.25, 0.3) is 0 Å². The predicted octanol–water partition coefficient (Wildman–Crippen LogP) is 6.50. The minimum absolute atomic E-state index is 0.0992. The van der Waals surface area contributed by atoms with E-state index < -0.39 is 17.5 Å². The number of hydrogen-bond donors (Lipinski definition) is 1. The molecule has 0 saturated heterocycles. The molecule has 0 radical (unpaired) electrons. The topological polar surface area (TPSA) is 62.0 Å². The fraction of sp³-hybridized carbons (Fsp3) is 0.111. The van der Waals surface area contributed by atoms with E-state index in [9.17, 15) is 13.2 Å². The summed E-state index contributed by atoms with van der Waals surface area (Å²) < 4.78 is 41.1. The first kappa shape index (κ1) is 20.2. The van der Waals surface area contributed by atoms with Gasteiger partial charge in [0.15, 0.2) is 17.5 Å². The van der Waals surface area contributed by atoms with Gasteiger partial charge in [-0.1, -0.05) is 39.4 Å². The second-order valence-corrected chi connectivity index (χ2v) is 7.62. The summed E-state index contributed by atoms with van der Waals surface area (Å²) in [6.07, 6.45) is 0. The highest BCUT2D eigenvalue weighted by Gasteiger charge is 2.14. The summed E-state index contributed by atoms with van der Waals surface area (Å²) >= 11 is 4.76. The van der Waals surface area contributed by atoms with E-state index in [0.717, 1.165) is 22.7 Å². The van der Waals surface area contributed by atoms with Crippen molar-refractivity contribution in [3.8, 4) is 0 Å². The standard InChI is InChI=1S/C18H13BrF3N5S/c1-9-10(2)28-18(23-9)27-26-17(11-5-3-4-6-12(11)19)25-24-14-8-7-13(20)15(21)16(14)22/h3-8,24H,1-2H3. The van der Waals surface area contributed by atoms with Gasteiger partial charge < -0.3 is 0 Å². The number of hydrazone groups is 1. The largest absolute Gasteiger partial charge is 0.273 e. The number of aromatic nitrogens is 1. The Balaban J connectivity index is 1.98. The molecule has 3 rings (SSSR count). The number of anilines is 1. The molecule has 28 heavy (non-hydrogen) atoms. The number of amidine groups is 1. The summed E-state index contributed by atoms with van der Waals surface area (Å²) in [6.45, 7) is 3.78. The van der Waals surface area contributed by atoms with E-state index in [4.69, 9.17) is 0 Å². The summed E-state index contributed by atoms with van der Waals surface area (Å²) in [6, 6.07) is 8.91. The van der Waals surface area contributed by atoms with Crippen LogP contribution in [-0.2, 0) is 0 Å². The minimum Gasteiger partial charge on any atom is -0.273 e. The van der Waals surface area contributed by atoms with Crippen molar-refractivity contribution in [3.63, 3.8) is 0 Å². The van der Waals surface area contributed by atoms with Crippen LogP contribution >= 0.6 is 27.3 Å². The first-order valence-corrected chi connectivity index (χ1v) is 9.55. The highest BCUT2D eigenvalue weighted by molar-refractivity contribution is 9.10. The van der Waals surface area contributed by atoms with Crippen LogP contribution < -0.4 is 5.43 Å². The zero-order valence-electron chi connectivity index (χ0n) is 14.7. The number of aryl methyl sites for hydroxylation is 2. The van der Waals surface area contributed by atoms with Crippen molar-refractivity contribution < 1.29 is 13.2 Å². The zero-order valence-corrected chi connectivity index (χ0v) is 17.1. The smallest absolute Gasteiger partial charge is 0.230 e. The molecular formula is C18H13BrF3N5S. The van der Waals surface area contributed by atoms with Crippen molar-refractivity contribution in [1.29, 1.82) is 0 Å². The molecule has 0 spiro atoms. The Morgan fingerprint density at radius 2 is 1.82 bits per heavy atom. The normalized spacial score (nSPS) is 12.0. The van der Waals surface area contributed by atoms with Crippen LogP contribution in [0, 0.1) is 31.3 Å². The van der Waals surface area contributed by atoms with Crippen molar-refractivity contribution >= 4 is 43.9 Å². The van der Waals surface area contributed by atoms with Crippen LogP contribution in [0.25, 0.3) is 0 Å². The van der Waals surface area contributed by atoms with E-state index >= 15 is 0 Å². The Labute approximate surface area is 171 Å². The predicted molar refractivity (Wildman–Crippen MR) is 107 cm³/mol.